The zero-order chi connectivity index (χ0) is 21.9. The summed E-state index contributed by atoms with van der Waals surface area (Å²) in [6.07, 6.45) is 3.86. The maximum absolute atomic E-state index is 13.5. The van der Waals surface area contributed by atoms with Gasteiger partial charge in [-0.15, -0.1) is 0 Å². The number of benzene rings is 4. The fraction of sp³-hybridized carbons (Fsp3) is 0. The van der Waals surface area contributed by atoms with Gasteiger partial charge in [-0.2, -0.15) is 0 Å². The van der Waals surface area contributed by atoms with Crippen LogP contribution >= 0.6 is 11.6 Å². The molecule has 0 fully saturated rings. The second-order valence-corrected chi connectivity index (χ2v) is 8.04. The van der Waals surface area contributed by atoms with Gasteiger partial charge in [-0.3, -0.25) is 9.69 Å². The lowest BCUT2D eigenvalue weighted by Gasteiger charge is -2.21. The van der Waals surface area contributed by atoms with Crippen molar-refractivity contribution >= 4 is 35.0 Å². The predicted octanol–water partition coefficient (Wildman–Crippen LogP) is 7.48. The van der Waals surface area contributed by atoms with Crippen molar-refractivity contribution in [3.05, 3.63) is 137 Å². The number of hydrogen-bond donors (Lipinski definition) is 0. The molecule has 0 bridgehead atoms. The molecular formula is C29H20ClNO. The molecule has 5 rings (SSSR count). The monoisotopic (exact) mass is 433 g/mol. The Bertz CT molecular complexity index is 1310. The summed E-state index contributed by atoms with van der Waals surface area (Å²) in [5.74, 6) is -0.0498. The lowest BCUT2D eigenvalue weighted by molar-refractivity contribution is -0.113. The smallest absolute Gasteiger partial charge is 0.262 e. The largest absolute Gasteiger partial charge is 0.276 e. The Morgan fingerprint density at radius 1 is 0.625 bits per heavy atom. The van der Waals surface area contributed by atoms with Gasteiger partial charge in [-0.05, 0) is 58.7 Å². The predicted molar refractivity (Wildman–Crippen MR) is 133 cm³/mol. The molecule has 0 saturated heterocycles. The number of amides is 1. The summed E-state index contributed by atoms with van der Waals surface area (Å²) in [4.78, 5) is 15.3. The van der Waals surface area contributed by atoms with Crippen molar-refractivity contribution in [3.63, 3.8) is 0 Å². The van der Waals surface area contributed by atoms with Crippen LogP contribution in [0.25, 0.3) is 22.9 Å². The second kappa shape index (κ2) is 8.70. The van der Waals surface area contributed by atoms with Crippen LogP contribution in [0.2, 0.25) is 5.02 Å². The van der Waals surface area contributed by atoms with Crippen molar-refractivity contribution in [1.29, 1.82) is 0 Å². The van der Waals surface area contributed by atoms with Gasteiger partial charge in [0.2, 0.25) is 0 Å². The zero-order valence-electron chi connectivity index (χ0n) is 17.3. The van der Waals surface area contributed by atoms with E-state index < -0.39 is 0 Å². The van der Waals surface area contributed by atoms with E-state index in [2.05, 4.69) is 24.3 Å². The highest BCUT2D eigenvalue weighted by molar-refractivity contribution is 6.30. The average Bonchev–Trinajstić information content (AvgIpc) is 3.17. The van der Waals surface area contributed by atoms with Crippen LogP contribution in [0.5, 0.6) is 0 Å². The first kappa shape index (κ1) is 20.0. The Morgan fingerprint density at radius 2 is 1.19 bits per heavy atom. The minimum absolute atomic E-state index is 0.0498. The van der Waals surface area contributed by atoms with Crippen LogP contribution in [0.4, 0.5) is 5.69 Å². The molecule has 0 aliphatic carbocycles. The van der Waals surface area contributed by atoms with Crippen molar-refractivity contribution in [3.8, 4) is 11.1 Å². The van der Waals surface area contributed by atoms with Crippen LogP contribution in [-0.2, 0) is 4.79 Å². The third kappa shape index (κ3) is 4.01. The average molecular weight is 434 g/mol. The fourth-order valence-corrected chi connectivity index (χ4v) is 3.99. The highest BCUT2D eigenvalue weighted by Gasteiger charge is 2.30. The third-order valence-electron chi connectivity index (χ3n) is 5.48. The normalized spacial score (nSPS) is 14.7. The molecule has 1 aliphatic heterocycles. The molecule has 0 spiro atoms. The van der Waals surface area contributed by atoms with Crippen LogP contribution in [0, 0.1) is 0 Å². The van der Waals surface area contributed by atoms with E-state index in [4.69, 9.17) is 11.6 Å². The minimum Gasteiger partial charge on any atom is -0.276 e. The summed E-state index contributed by atoms with van der Waals surface area (Å²) in [7, 11) is 0. The maximum atomic E-state index is 13.5. The second-order valence-electron chi connectivity index (χ2n) is 7.60. The van der Waals surface area contributed by atoms with Gasteiger partial charge in [-0.1, -0.05) is 96.5 Å². The molecular weight excluding hydrogens is 414 g/mol. The number of carbonyl (C=O) groups is 1. The van der Waals surface area contributed by atoms with E-state index >= 15 is 0 Å². The molecule has 32 heavy (non-hydrogen) atoms. The first-order valence-corrected chi connectivity index (χ1v) is 10.8. The number of nitrogens with zero attached hydrogens (tertiary/aromatic N) is 1. The SMILES string of the molecule is O=C1/C(=C/c2ccc(Cl)cc2)C=C(c2ccccc2)N1c1ccc(-c2ccccc2)cc1. The van der Waals surface area contributed by atoms with E-state index in [-0.39, 0.29) is 5.91 Å². The Hall–Kier alpha value is -3.88. The van der Waals surface area contributed by atoms with Gasteiger partial charge in [0.05, 0.1) is 5.70 Å². The van der Waals surface area contributed by atoms with Crippen LogP contribution < -0.4 is 4.90 Å². The van der Waals surface area contributed by atoms with Gasteiger partial charge in [0.1, 0.15) is 0 Å². The van der Waals surface area contributed by atoms with Gasteiger partial charge < -0.3 is 0 Å². The number of hydrogen-bond acceptors (Lipinski definition) is 1. The summed E-state index contributed by atoms with van der Waals surface area (Å²) < 4.78 is 0. The van der Waals surface area contributed by atoms with Crippen molar-refractivity contribution in [1.82, 2.24) is 0 Å². The highest BCUT2D eigenvalue weighted by atomic mass is 35.5. The van der Waals surface area contributed by atoms with E-state index in [1.807, 2.05) is 97.1 Å². The Balaban J connectivity index is 1.55. The number of carbonyl (C=O) groups excluding carboxylic acids is 1. The van der Waals surface area contributed by atoms with Crippen LogP contribution in [0.3, 0.4) is 0 Å². The fourth-order valence-electron chi connectivity index (χ4n) is 3.87. The molecule has 154 valence electrons. The molecule has 0 atom stereocenters. The van der Waals surface area contributed by atoms with E-state index in [0.717, 1.165) is 33.6 Å². The van der Waals surface area contributed by atoms with Crippen molar-refractivity contribution in [2.45, 2.75) is 0 Å². The number of halogens is 1. The minimum atomic E-state index is -0.0498. The van der Waals surface area contributed by atoms with Crippen molar-refractivity contribution in [2.75, 3.05) is 4.90 Å². The molecule has 2 nitrogen and oxygen atoms in total. The lowest BCUT2D eigenvalue weighted by Crippen LogP contribution is -2.24. The summed E-state index contributed by atoms with van der Waals surface area (Å²) >= 11 is 6.01. The molecule has 0 aromatic heterocycles. The Morgan fingerprint density at radius 3 is 1.81 bits per heavy atom. The topological polar surface area (TPSA) is 20.3 Å². The zero-order valence-corrected chi connectivity index (χ0v) is 18.0. The molecule has 1 heterocycles. The first-order valence-electron chi connectivity index (χ1n) is 10.4. The van der Waals surface area contributed by atoms with E-state index in [1.54, 1.807) is 4.90 Å². The molecule has 1 amide bonds. The molecule has 3 heteroatoms. The van der Waals surface area contributed by atoms with Crippen molar-refractivity contribution < 1.29 is 4.79 Å². The molecule has 4 aromatic rings. The first-order chi connectivity index (χ1) is 15.7. The molecule has 0 saturated carbocycles. The van der Waals surface area contributed by atoms with Gasteiger partial charge in [0, 0.05) is 16.3 Å². The summed E-state index contributed by atoms with van der Waals surface area (Å²) in [5, 5.41) is 0.672. The molecule has 4 aromatic carbocycles. The van der Waals surface area contributed by atoms with E-state index in [9.17, 15) is 4.79 Å². The van der Waals surface area contributed by atoms with Gasteiger partial charge in [0.25, 0.3) is 5.91 Å². The van der Waals surface area contributed by atoms with Crippen LogP contribution in [0.15, 0.2) is 121 Å². The lowest BCUT2D eigenvalue weighted by atomic mass is 10.0. The quantitative estimate of drug-likeness (QED) is 0.305. The summed E-state index contributed by atoms with van der Waals surface area (Å²) in [6, 6.07) is 35.8. The number of rotatable bonds is 4. The van der Waals surface area contributed by atoms with E-state index in [1.165, 1.54) is 0 Å². The van der Waals surface area contributed by atoms with E-state index in [0.29, 0.717) is 10.6 Å². The third-order valence-corrected chi connectivity index (χ3v) is 5.73. The van der Waals surface area contributed by atoms with Gasteiger partial charge >= 0.3 is 0 Å². The molecule has 0 N–H and O–H groups in total. The standard InChI is InChI=1S/C29H20ClNO/c30-26-15-11-21(12-16-26)19-25-20-28(24-9-5-2-6-10-24)31(29(25)32)27-17-13-23(14-18-27)22-7-3-1-4-8-22/h1-20H/b25-19+. The Kier molecular flexibility index (Phi) is 5.45. The van der Waals surface area contributed by atoms with Crippen LogP contribution in [0.1, 0.15) is 11.1 Å². The van der Waals surface area contributed by atoms with Crippen molar-refractivity contribution in [2.24, 2.45) is 0 Å². The molecule has 1 aliphatic rings. The molecule has 0 radical (unpaired) electrons. The van der Waals surface area contributed by atoms with Crippen LogP contribution in [-0.4, -0.2) is 5.91 Å². The number of anilines is 1. The summed E-state index contributed by atoms with van der Waals surface area (Å²) in [5.41, 5.74) is 6.53. The van der Waals surface area contributed by atoms with Gasteiger partial charge in [-0.25, -0.2) is 0 Å². The Labute approximate surface area is 192 Å². The summed E-state index contributed by atoms with van der Waals surface area (Å²) in [6.45, 7) is 0. The highest BCUT2D eigenvalue weighted by Crippen LogP contribution is 2.36. The maximum Gasteiger partial charge on any atom is 0.262 e. The van der Waals surface area contributed by atoms with Gasteiger partial charge in [0.15, 0.2) is 0 Å². The molecule has 0 unspecified atom stereocenters.